The van der Waals surface area contributed by atoms with Gasteiger partial charge in [-0.1, -0.05) is 11.6 Å². The molecule has 7 nitrogen and oxygen atoms in total. The normalized spacial score (nSPS) is 10.6. The molecule has 0 atom stereocenters. The van der Waals surface area contributed by atoms with Gasteiger partial charge < -0.3 is 10.1 Å². The number of rotatable bonds is 5. The first-order chi connectivity index (χ1) is 12.9. The van der Waals surface area contributed by atoms with E-state index < -0.39 is 0 Å². The Morgan fingerprint density at radius 1 is 1.41 bits per heavy atom. The van der Waals surface area contributed by atoms with E-state index in [0.717, 1.165) is 17.0 Å². The molecular formula is C19H18ClN5O2. The van der Waals surface area contributed by atoms with Crippen LogP contribution < -0.4 is 10.1 Å². The van der Waals surface area contributed by atoms with Crippen LogP contribution in [0.15, 0.2) is 24.4 Å². The summed E-state index contributed by atoms with van der Waals surface area (Å²) in [5.74, 6) is 0.421. The summed E-state index contributed by atoms with van der Waals surface area (Å²) in [5.41, 5.74) is 4.18. The van der Waals surface area contributed by atoms with E-state index in [-0.39, 0.29) is 12.3 Å². The van der Waals surface area contributed by atoms with Crippen LogP contribution in [0.25, 0.3) is 5.65 Å². The summed E-state index contributed by atoms with van der Waals surface area (Å²) in [6.45, 7) is 3.78. The summed E-state index contributed by atoms with van der Waals surface area (Å²) in [5, 5.41) is 16.6. The van der Waals surface area contributed by atoms with Gasteiger partial charge in [-0.05, 0) is 44.0 Å². The molecule has 0 saturated heterocycles. The average molecular weight is 384 g/mol. The van der Waals surface area contributed by atoms with Gasteiger partial charge in [0, 0.05) is 23.5 Å². The van der Waals surface area contributed by atoms with Crippen molar-refractivity contribution in [2.24, 2.45) is 0 Å². The lowest BCUT2D eigenvalue weighted by atomic mass is 10.1. The maximum absolute atomic E-state index is 12.3. The van der Waals surface area contributed by atoms with Crippen LogP contribution in [0.5, 0.6) is 5.75 Å². The van der Waals surface area contributed by atoms with Crippen LogP contribution in [0.4, 0.5) is 5.69 Å². The van der Waals surface area contributed by atoms with Gasteiger partial charge in [0.2, 0.25) is 5.91 Å². The van der Waals surface area contributed by atoms with Gasteiger partial charge >= 0.3 is 0 Å². The van der Waals surface area contributed by atoms with Gasteiger partial charge in [-0.25, -0.2) is 9.50 Å². The number of carbonyl (C=O) groups is 1. The molecule has 0 radical (unpaired) electrons. The third-order valence-corrected chi connectivity index (χ3v) is 4.66. The number of halogens is 1. The van der Waals surface area contributed by atoms with Crippen LogP contribution in [0.1, 0.15) is 28.9 Å². The number of nitrogens with one attached hydrogen (secondary N) is 1. The monoisotopic (exact) mass is 383 g/mol. The van der Waals surface area contributed by atoms with Crippen LogP contribution in [0, 0.1) is 25.2 Å². The molecule has 1 amide bonds. The molecule has 2 aromatic heterocycles. The molecule has 0 fully saturated rings. The SMILES string of the molecule is COc1ccc(NC(=O)CCc2c(C)nc3c(C#N)cnn3c2C)cc1Cl. The quantitative estimate of drug-likeness (QED) is 0.728. The number of fused-ring (bicyclic) bond motifs is 1. The number of aromatic nitrogens is 3. The fourth-order valence-electron chi connectivity index (χ4n) is 2.96. The number of anilines is 1. The van der Waals surface area contributed by atoms with Crippen molar-refractivity contribution in [2.75, 3.05) is 12.4 Å². The number of carbonyl (C=O) groups excluding carboxylic acids is 1. The minimum absolute atomic E-state index is 0.131. The zero-order chi connectivity index (χ0) is 19.6. The van der Waals surface area contributed by atoms with Gasteiger partial charge in [0.15, 0.2) is 5.65 Å². The highest BCUT2D eigenvalue weighted by Crippen LogP contribution is 2.27. The van der Waals surface area contributed by atoms with Crippen LogP contribution in [-0.4, -0.2) is 27.6 Å². The maximum Gasteiger partial charge on any atom is 0.224 e. The summed E-state index contributed by atoms with van der Waals surface area (Å²) in [7, 11) is 1.54. The van der Waals surface area contributed by atoms with Gasteiger partial charge in [0.25, 0.3) is 0 Å². The van der Waals surface area contributed by atoms with Crippen LogP contribution in [0.2, 0.25) is 5.02 Å². The molecule has 27 heavy (non-hydrogen) atoms. The molecule has 0 aliphatic carbocycles. The van der Waals surface area contributed by atoms with Gasteiger partial charge in [0.05, 0.1) is 18.3 Å². The first-order valence-electron chi connectivity index (χ1n) is 8.32. The fourth-order valence-corrected chi connectivity index (χ4v) is 3.22. The minimum atomic E-state index is -0.131. The molecule has 0 unspecified atom stereocenters. The maximum atomic E-state index is 12.3. The molecule has 0 bridgehead atoms. The van der Waals surface area contributed by atoms with Crippen molar-refractivity contribution >= 4 is 28.8 Å². The van der Waals surface area contributed by atoms with E-state index in [4.69, 9.17) is 21.6 Å². The lowest BCUT2D eigenvalue weighted by Gasteiger charge is -2.12. The molecule has 3 aromatic rings. The molecule has 3 rings (SSSR count). The van der Waals surface area contributed by atoms with E-state index in [2.05, 4.69) is 21.5 Å². The Morgan fingerprint density at radius 3 is 2.85 bits per heavy atom. The van der Waals surface area contributed by atoms with Crippen molar-refractivity contribution in [2.45, 2.75) is 26.7 Å². The number of methoxy groups -OCH3 is 1. The molecule has 138 valence electrons. The predicted molar refractivity (Wildman–Crippen MR) is 102 cm³/mol. The second kappa shape index (κ2) is 7.64. The first kappa shape index (κ1) is 18.7. The van der Waals surface area contributed by atoms with E-state index in [1.165, 1.54) is 13.3 Å². The number of aryl methyl sites for hydroxylation is 2. The Morgan fingerprint density at radius 2 is 2.19 bits per heavy atom. The Bertz CT molecular complexity index is 1070. The predicted octanol–water partition coefficient (Wildman–Crippen LogP) is 3.45. The molecular weight excluding hydrogens is 366 g/mol. The highest BCUT2D eigenvalue weighted by Gasteiger charge is 2.15. The van der Waals surface area contributed by atoms with Crippen molar-refractivity contribution < 1.29 is 9.53 Å². The number of hydrogen-bond donors (Lipinski definition) is 1. The van der Waals surface area contributed by atoms with Crippen LogP contribution >= 0.6 is 11.6 Å². The third-order valence-electron chi connectivity index (χ3n) is 4.37. The number of benzene rings is 1. The molecule has 2 heterocycles. The summed E-state index contributed by atoms with van der Waals surface area (Å²) >= 11 is 6.08. The largest absolute Gasteiger partial charge is 0.495 e. The second-order valence-corrected chi connectivity index (χ2v) is 6.47. The number of nitrogens with zero attached hydrogens (tertiary/aromatic N) is 4. The van der Waals surface area contributed by atoms with Crippen molar-refractivity contribution in [3.63, 3.8) is 0 Å². The molecule has 8 heteroatoms. The second-order valence-electron chi connectivity index (χ2n) is 6.06. The third kappa shape index (κ3) is 3.71. The highest BCUT2D eigenvalue weighted by molar-refractivity contribution is 6.32. The summed E-state index contributed by atoms with van der Waals surface area (Å²) in [6.07, 6.45) is 2.29. The van der Waals surface area contributed by atoms with Crippen LogP contribution in [0.3, 0.4) is 0 Å². The molecule has 0 aliphatic heterocycles. The van der Waals surface area contributed by atoms with Gasteiger partial charge in [-0.15, -0.1) is 0 Å². The molecule has 1 aromatic carbocycles. The molecule has 1 N–H and O–H groups in total. The Labute approximate surface area is 161 Å². The Hall–Kier alpha value is -3.11. The van der Waals surface area contributed by atoms with Crippen molar-refractivity contribution in [1.82, 2.24) is 14.6 Å². The topological polar surface area (TPSA) is 92.3 Å². The van der Waals surface area contributed by atoms with Crippen molar-refractivity contribution in [3.8, 4) is 11.8 Å². The van der Waals surface area contributed by atoms with Crippen molar-refractivity contribution in [3.05, 3.63) is 51.9 Å². The fraction of sp³-hybridized carbons (Fsp3) is 0.263. The zero-order valence-corrected chi connectivity index (χ0v) is 16.0. The molecule has 0 spiro atoms. The van der Waals surface area contributed by atoms with Crippen molar-refractivity contribution in [1.29, 1.82) is 5.26 Å². The molecule has 0 aliphatic rings. The standard InChI is InChI=1S/C19H18ClN5O2/c1-11-15(12(2)25-19(23-11)13(9-21)10-22-25)5-7-18(26)24-14-4-6-17(27-3)16(20)8-14/h4,6,8,10H,5,7H2,1-3H3,(H,24,26). The van der Waals surface area contributed by atoms with E-state index in [9.17, 15) is 4.79 Å². The van der Waals surface area contributed by atoms with E-state index >= 15 is 0 Å². The lowest BCUT2D eigenvalue weighted by molar-refractivity contribution is -0.116. The molecule has 0 saturated carbocycles. The van der Waals surface area contributed by atoms with E-state index in [1.807, 2.05) is 13.8 Å². The number of ether oxygens (including phenoxy) is 1. The van der Waals surface area contributed by atoms with Gasteiger partial charge in [-0.3, -0.25) is 4.79 Å². The van der Waals surface area contributed by atoms with Gasteiger partial charge in [0.1, 0.15) is 17.4 Å². The van der Waals surface area contributed by atoms with E-state index in [1.54, 1.807) is 22.7 Å². The minimum Gasteiger partial charge on any atom is -0.495 e. The Balaban J connectivity index is 1.74. The lowest BCUT2D eigenvalue weighted by Crippen LogP contribution is -2.14. The van der Waals surface area contributed by atoms with E-state index in [0.29, 0.717) is 34.1 Å². The zero-order valence-electron chi connectivity index (χ0n) is 15.2. The number of amides is 1. The smallest absolute Gasteiger partial charge is 0.224 e. The average Bonchev–Trinajstić information content (AvgIpc) is 3.04. The van der Waals surface area contributed by atoms with Gasteiger partial charge in [-0.2, -0.15) is 10.4 Å². The summed E-state index contributed by atoms with van der Waals surface area (Å²) < 4.78 is 6.74. The highest BCUT2D eigenvalue weighted by atomic mass is 35.5. The summed E-state index contributed by atoms with van der Waals surface area (Å²) in [4.78, 5) is 16.8. The summed E-state index contributed by atoms with van der Waals surface area (Å²) in [6, 6.07) is 7.17. The number of nitriles is 1. The number of hydrogen-bond acceptors (Lipinski definition) is 5. The van der Waals surface area contributed by atoms with Crippen LogP contribution in [-0.2, 0) is 11.2 Å². The first-order valence-corrected chi connectivity index (χ1v) is 8.69. The Kier molecular flexibility index (Phi) is 5.28.